The minimum Gasteiger partial charge on any atom is -0.480 e. The number of amides is 1. The van der Waals surface area contributed by atoms with Crippen molar-refractivity contribution in [1.82, 2.24) is 4.98 Å². The van der Waals surface area contributed by atoms with E-state index in [2.05, 4.69) is 10.3 Å². The molecule has 0 spiro atoms. The fraction of sp³-hybridized carbons (Fsp3) is 0.462. The summed E-state index contributed by atoms with van der Waals surface area (Å²) in [5, 5.41) is 11.7. The van der Waals surface area contributed by atoms with Crippen molar-refractivity contribution in [2.75, 3.05) is 26.1 Å². The summed E-state index contributed by atoms with van der Waals surface area (Å²) in [6.07, 6.45) is 1.44. The summed E-state index contributed by atoms with van der Waals surface area (Å²) in [6, 6.07) is 3.48. The molecule has 6 heteroatoms. The van der Waals surface area contributed by atoms with Gasteiger partial charge in [-0.05, 0) is 19.9 Å². The minimum absolute atomic E-state index is 0.204. The standard InChI is InChI=1S/C13H17N3O3/c1-13(2,8-18-3)12(17)16-10-5-9(6-14)11(19-4)15-7-10/h5,7H,8H2,1-4H3,(H,16,17). The summed E-state index contributed by atoms with van der Waals surface area (Å²) in [4.78, 5) is 16.0. The van der Waals surface area contributed by atoms with E-state index in [1.54, 1.807) is 13.8 Å². The highest BCUT2D eigenvalue weighted by Gasteiger charge is 2.27. The molecule has 1 N–H and O–H groups in total. The lowest BCUT2D eigenvalue weighted by Crippen LogP contribution is -2.34. The molecule has 0 aliphatic carbocycles. The first-order chi connectivity index (χ1) is 8.94. The number of carbonyl (C=O) groups excluding carboxylic acids is 1. The molecule has 0 aliphatic rings. The molecule has 1 rings (SSSR count). The van der Waals surface area contributed by atoms with Crippen LogP contribution in [-0.4, -0.2) is 31.7 Å². The Morgan fingerprint density at radius 2 is 2.21 bits per heavy atom. The van der Waals surface area contributed by atoms with Crippen molar-refractivity contribution in [1.29, 1.82) is 5.26 Å². The lowest BCUT2D eigenvalue weighted by molar-refractivity contribution is -0.126. The van der Waals surface area contributed by atoms with Crippen LogP contribution < -0.4 is 10.1 Å². The molecule has 0 unspecified atom stereocenters. The van der Waals surface area contributed by atoms with E-state index in [4.69, 9.17) is 14.7 Å². The summed E-state index contributed by atoms with van der Waals surface area (Å²) in [7, 11) is 2.97. The SMILES string of the molecule is COCC(C)(C)C(=O)Nc1cnc(OC)c(C#N)c1. The zero-order chi connectivity index (χ0) is 14.5. The van der Waals surface area contributed by atoms with Crippen molar-refractivity contribution in [3.05, 3.63) is 17.8 Å². The average molecular weight is 263 g/mol. The summed E-state index contributed by atoms with van der Waals surface area (Å²) >= 11 is 0. The van der Waals surface area contributed by atoms with Gasteiger partial charge in [-0.3, -0.25) is 4.79 Å². The second-order valence-corrected chi connectivity index (χ2v) is 4.66. The molecule has 0 aromatic carbocycles. The Labute approximate surface area is 112 Å². The van der Waals surface area contributed by atoms with Crippen molar-refractivity contribution >= 4 is 11.6 Å². The largest absolute Gasteiger partial charge is 0.480 e. The Kier molecular flexibility index (Phi) is 4.84. The number of nitriles is 1. The van der Waals surface area contributed by atoms with Gasteiger partial charge in [0, 0.05) is 7.11 Å². The number of anilines is 1. The zero-order valence-corrected chi connectivity index (χ0v) is 11.5. The molecule has 1 aromatic heterocycles. The molecule has 1 amide bonds. The molecule has 102 valence electrons. The van der Waals surface area contributed by atoms with Gasteiger partial charge in [-0.15, -0.1) is 0 Å². The van der Waals surface area contributed by atoms with Crippen LogP contribution in [0.3, 0.4) is 0 Å². The van der Waals surface area contributed by atoms with Crippen LogP contribution in [0.25, 0.3) is 0 Å². The number of hydrogen-bond donors (Lipinski definition) is 1. The van der Waals surface area contributed by atoms with E-state index in [1.165, 1.54) is 26.5 Å². The molecular weight excluding hydrogens is 246 g/mol. The molecule has 0 bridgehead atoms. The van der Waals surface area contributed by atoms with E-state index in [-0.39, 0.29) is 17.4 Å². The molecule has 0 saturated heterocycles. The van der Waals surface area contributed by atoms with Gasteiger partial charge < -0.3 is 14.8 Å². The van der Waals surface area contributed by atoms with Gasteiger partial charge in [-0.25, -0.2) is 4.98 Å². The monoisotopic (exact) mass is 263 g/mol. The van der Waals surface area contributed by atoms with Crippen molar-refractivity contribution in [3.63, 3.8) is 0 Å². The normalized spacial score (nSPS) is 10.7. The third-order valence-corrected chi connectivity index (χ3v) is 2.54. The predicted molar refractivity (Wildman–Crippen MR) is 69.8 cm³/mol. The first kappa shape index (κ1) is 14.9. The van der Waals surface area contributed by atoms with Crippen LogP contribution in [0.15, 0.2) is 12.3 Å². The Balaban J connectivity index is 2.89. The summed E-state index contributed by atoms with van der Waals surface area (Å²) in [5.74, 6) is 0.0295. The minimum atomic E-state index is -0.665. The predicted octanol–water partition coefficient (Wildman–Crippen LogP) is 1.57. The molecule has 1 heterocycles. The van der Waals surface area contributed by atoms with Gasteiger partial charge in [-0.1, -0.05) is 0 Å². The number of hydrogen-bond acceptors (Lipinski definition) is 5. The molecule has 0 saturated carbocycles. The van der Waals surface area contributed by atoms with E-state index in [1.807, 2.05) is 6.07 Å². The topological polar surface area (TPSA) is 84.2 Å². The molecule has 6 nitrogen and oxygen atoms in total. The number of ether oxygens (including phenoxy) is 2. The average Bonchev–Trinajstić information content (AvgIpc) is 2.38. The first-order valence-corrected chi connectivity index (χ1v) is 5.69. The fourth-order valence-corrected chi connectivity index (χ4v) is 1.49. The second-order valence-electron chi connectivity index (χ2n) is 4.66. The van der Waals surface area contributed by atoms with Crippen molar-refractivity contribution < 1.29 is 14.3 Å². The molecule has 0 fully saturated rings. The van der Waals surface area contributed by atoms with Gasteiger partial charge in [0.2, 0.25) is 11.8 Å². The quantitative estimate of drug-likeness (QED) is 0.871. The van der Waals surface area contributed by atoms with Crippen LogP contribution in [0.2, 0.25) is 0 Å². The molecular formula is C13H17N3O3. The van der Waals surface area contributed by atoms with Crippen molar-refractivity contribution in [2.45, 2.75) is 13.8 Å². The third-order valence-electron chi connectivity index (χ3n) is 2.54. The van der Waals surface area contributed by atoms with Crippen LogP contribution in [0, 0.1) is 16.7 Å². The number of carbonyl (C=O) groups is 1. The lowest BCUT2D eigenvalue weighted by Gasteiger charge is -2.22. The zero-order valence-electron chi connectivity index (χ0n) is 11.5. The van der Waals surface area contributed by atoms with E-state index < -0.39 is 5.41 Å². The highest BCUT2D eigenvalue weighted by molar-refractivity contribution is 5.94. The Morgan fingerprint density at radius 1 is 1.53 bits per heavy atom. The molecule has 19 heavy (non-hydrogen) atoms. The molecule has 0 radical (unpaired) electrons. The van der Waals surface area contributed by atoms with Crippen LogP contribution in [0.1, 0.15) is 19.4 Å². The van der Waals surface area contributed by atoms with Gasteiger partial charge in [0.25, 0.3) is 0 Å². The number of aromatic nitrogens is 1. The maximum atomic E-state index is 12.0. The van der Waals surface area contributed by atoms with Gasteiger partial charge >= 0.3 is 0 Å². The number of nitrogens with one attached hydrogen (secondary N) is 1. The van der Waals surface area contributed by atoms with E-state index in [0.717, 1.165) is 0 Å². The van der Waals surface area contributed by atoms with Gasteiger partial charge in [0.1, 0.15) is 11.6 Å². The Morgan fingerprint density at radius 3 is 2.74 bits per heavy atom. The Hall–Kier alpha value is -2.13. The van der Waals surface area contributed by atoms with E-state index in [0.29, 0.717) is 12.3 Å². The van der Waals surface area contributed by atoms with Gasteiger partial charge in [0.15, 0.2) is 0 Å². The summed E-state index contributed by atoms with van der Waals surface area (Å²) < 4.78 is 9.93. The highest BCUT2D eigenvalue weighted by atomic mass is 16.5. The first-order valence-electron chi connectivity index (χ1n) is 5.69. The Bertz CT molecular complexity index is 506. The van der Waals surface area contributed by atoms with Gasteiger partial charge in [0.05, 0.1) is 31.0 Å². The third kappa shape index (κ3) is 3.66. The number of nitrogens with zero attached hydrogens (tertiary/aromatic N) is 2. The molecule has 1 aromatic rings. The van der Waals surface area contributed by atoms with Crippen LogP contribution in [-0.2, 0) is 9.53 Å². The van der Waals surface area contributed by atoms with Crippen molar-refractivity contribution in [3.8, 4) is 11.9 Å². The molecule has 0 aliphatic heterocycles. The highest BCUT2D eigenvalue weighted by Crippen LogP contribution is 2.21. The fourth-order valence-electron chi connectivity index (χ4n) is 1.49. The molecule has 0 atom stereocenters. The van der Waals surface area contributed by atoms with Crippen molar-refractivity contribution in [2.24, 2.45) is 5.41 Å². The summed E-state index contributed by atoms with van der Waals surface area (Å²) in [5.41, 5.74) is 0.0537. The number of methoxy groups -OCH3 is 2. The lowest BCUT2D eigenvalue weighted by atomic mass is 9.93. The second kappa shape index (κ2) is 6.16. The smallest absolute Gasteiger partial charge is 0.232 e. The van der Waals surface area contributed by atoms with Gasteiger partial charge in [-0.2, -0.15) is 5.26 Å². The number of rotatable bonds is 5. The van der Waals surface area contributed by atoms with Crippen LogP contribution in [0.4, 0.5) is 5.69 Å². The number of pyridine rings is 1. The maximum Gasteiger partial charge on any atom is 0.232 e. The van der Waals surface area contributed by atoms with E-state index >= 15 is 0 Å². The summed E-state index contributed by atoms with van der Waals surface area (Å²) in [6.45, 7) is 3.84. The van der Waals surface area contributed by atoms with E-state index in [9.17, 15) is 4.79 Å². The maximum absolute atomic E-state index is 12.0. The van der Waals surface area contributed by atoms with Crippen LogP contribution in [0.5, 0.6) is 5.88 Å². The van der Waals surface area contributed by atoms with Crippen LogP contribution >= 0.6 is 0 Å².